The van der Waals surface area contributed by atoms with Gasteiger partial charge < -0.3 is 10.4 Å². The highest BCUT2D eigenvalue weighted by Crippen LogP contribution is 2.28. The van der Waals surface area contributed by atoms with Crippen LogP contribution < -0.4 is 10.0 Å². The van der Waals surface area contributed by atoms with Crippen molar-refractivity contribution in [1.82, 2.24) is 15.0 Å². The maximum atomic E-state index is 12.3. The molecule has 1 unspecified atom stereocenters. The van der Waals surface area contributed by atoms with Crippen LogP contribution in [0.15, 0.2) is 23.2 Å². The molecule has 1 aromatic rings. The van der Waals surface area contributed by atoms with Crippen LogP contribution in [0.2, 0.25) is 0 Å². The number of hydrogen-bond acceptors (Lipinski definition) is 5. The van der Waals surface area contributed by atoms with Crippen LogP contribution in [0.3, 0.4) is 0 Å². The summed E-state index contributed by atoms with van der Waals surface area (Å²) >= 11 is 0. The van der Waals surface area contributed by atoms with Gasteiger partial charge in [0.25, 0.3) is 0 Å². The summed E-state index contributed by atoms with van der Waals surface area (Å²) in [5.74, 6) is 0.163. The highest BCUT2D eigenvalue weighted by atomic mass is 32.2. The van der Waals surface area contributed by atoms with Crippen LogP contribution in [0.1, 0.15) is 31.4 Å². The molecule has 1 atom stereocenters. The van der Waals surface area contributed by atoms with E-state index in [4.69, 9.17) is 0 Å². The molecule has 1 saturated heterocycles. The van der Waals surface area contributed by atoms with Crippen LogP contribution >= 0.6 is 0 Å². The van der Waals surface area contributed by atoms with Gasteiger partial charge in [-0.2, -0.15) is 0 Å². The second-order valence-corrected chi connectivity index (χ2v) is 6.85. The summed E-state index contributed by atoms with van der Waals surface area (Å²) in [7, 11) is -3.63. The van der Waals surface area contributed by atoms with Crippen LogP contribution in [0.4, 0.5) is 0 Å². The van der Waals surface area contributed by atoms with Crippen molar-refractivity contribution in [3.63, 3.8) is 0 Å². The standard InChI is InChI=1S/C13H21N3O3S/c1-10(17)9-16-20(18,19)12-3-2-6-15-13(12)11-4-7-14-8-5-11/h2-3,6,10-11,14,16-17H,4-5,7-9H2,1H3. The van der Waals surface area contributed by atoms with E-state index in [2.05, 4.69) is 15.0 Å². The molecule has 0 amide bonds. The predicted octanol–water partition coefficient (Wildman–Crippen LogP) is 0.208. The topological polar surface area (TPSA) is 91.3 Å². The number of piperidine rings is 1. The molecule has 6 nitrogen and oxygen atoms in total. The smallest absolute Gasteiger partial charge is 0.242 e. The number of nitrogens with one attached hydrogen (secondary N) is 2. The Morgan fingerprint density at radius 3 is 2.85 bits per heavy atom. The lowest BCUT2D eigenvalue weighted by Crippen LogP contribution is -2.33. The molecule has 2 rings (SSSR count). The van der Waals surface area contributed by atoms with Crippen molar-refractivity contribution in [3.8, 4) is 0 Å². The second-order valence-electron chi connectivity index (χ2n) is 5.11. The average molecular weight is 299 g/mol. The Labute approximate surface area is 119 Å². The Balaban J connectivity index is 2.26. The largest absolute Gasteiger partial charge is 0.392 e. The highest BCUT2D eigenvalue weighted by Gasteiger charge is 2.25. The Morgan fingerprint density at radius 1 is 1.50 bits per heavy atom. The maximum absolute atomic E-state index is 12.3. The minimum absolute atomic E-state index is 0.00287. The summed E-state index contributed by atoms with van der Waals surface area (Å²) in [6.45, 7) is 3.30. The molecular formula is C13H21N3O3S. The zero-order valence-corrected chi connectivity index (χ0v) is 12.4. The van der Waals surface area contributed by atoms with E-state index in [1.54, 1.807) is 25.3 Å². The number of hydrogen-bond donors (Lipinski definition) is 3. The van der Waals surface area contributed by atoms with Crippen molar-refractivity contribution in [3.05, 3.63) is 24.0 Å². The number of aliphatic hydroxyl groups is 1. The van der Waals surface area contributed by atoms with Gasteiger partial charge in [-0.3, -0.25) is 4.98 Å². The van der Waals surface area contributed by atoms with Crippen molar-refractivity contribution in [2.24, 2.45) is 0 Å². The molecule has 1 aliphatic rings. The van der Waals surface area contributed by atoms with E-state index in [0.717, 1.165) is 25.9 Å². The first-order valence-electron chi connectivity index (χ1n) is 6.84. The van der Waals surface area contributed by atoms with E-state index >= 15 is 0 Å². The maximum Gasteiger partial charge on any atom is 0.242 e. The first-order valence-corrected chi connectivity index (χ1v) is 8.32. The Bertz CT molecular complexity index is 540. The molecule has 1 fully saturated rings. The van der Waals surface area contributed by atoms with Gasteiger partial charge in [0.05, 0.1) is 11.8 Å². The van der Waals surface area contributed by atoms with Crippen molar-refractivity contribution >= 4 is 10.0 Å². The molecule has 20 heavy (non-hydrogen) atoms. The zero-order valence-electron chi connectivity index (χ0n) is 11.5. The van der Waals surface area contributed by atoms with Gasteiger partial charge in [0.15, 0.2) is 0 Å². The summed E-state index contributed by atoms with van der Waals surface area (Å²) in [5.41, 5.74) is 0.632. The molecule has 0 aromatic carbocycles. The minimum atomic E-state index is -3.63. The highest BCUT2D eigenvalue weighted by molar-refractivity contribution is 7.89. The molecule has 1 aliphatic heterocycles. The summed E-state index contributed by atoms with van der Waals surface area (Å²) in [6.07, 6.45) is 2.68. The van der Waals surface area contributed by atoms with Crippen LogP contribution in [-0.2, 0) is 10.0 Å². The summed E-state index contributed by atoms with van der Waals surface area (Å²) in [6, 6.07) is 3.20. The molecule has 112 valence electrons. The molecule has 0 spiro atoms. The van der Waals surface area contributed by atoms with E-state index in [0.29, 0.717) is 5.69 Å². The van der Waals surface area contributed by atoms with Crippen molar-refractivity contribution in [2.75, 3.05) is 19.6 Å². The molecule has 1 aromatic heterocycles. The predicted molar refractivity (Wildman–Crippen MR) is 76.0 cm³/mol. The number of pyridine rings is 1. The Kier molecular flexibility index (Phi) is 5.09. The van der Waals surface area contributed by atoms with E-state index in [-0.39, 0.29) is 17.4 Å². The fourth-order valence-electron chi connectivity index (χ4n) is 2.34. The monoisotopic (exact) mass is 299 g/mol. The quantitative estimate of drug-likeness (QED) is 0.723. The van der Waals surface area contributed by atoms with Crippen molar-refractivity contribution in [2.45, 2.75) is 36.7 Å². The number of rotatable bonds is 5. The number of sulfonamides is 1. The minimum Gasteiger partial charge on any atom is -0.392 e. The Morgan fingerprint density at radius 2 is 2.20 bits per heavy atom. The van der Waals surface area contributed by atoms with Gasteiger partial charge in [-0.05, 0) is 45.0 Å². The van der Waals surface area contributed by atoms with Crippen molar-refractivity contribution < 1.29 is 13.5 Å². The molecule has 0 radical (unpaired) electrons. The van der Waals surface area contributed by atoms with Gasteiger partial charge in [0.1, 0.15) is 4.90 Å². The van der Waals surface area contributed by atoms with Gasteiger partial charge in [-0.1, -0.05) is 0 Å². The lowest BCUT2D eigenvalue weighted by molar-refractivity contribution is 0.198. The number of nitrogens with zero attached hydrogens (tertiary/aromatic N) is 1. The van der Waals surface area contributed by atoms with Crippen molar-refractivity contribution in [1.29, 1.82) is 0 Å². The average Bonchev–Trinajstić information content (AvgIpc) is 2.46. The van der Waals surface area contributed by atoms with Gasteiger partial charge in [0.2, 0.25) is 10.0 Å². The van der Waals surface area contributed by atoms with Crippen LogP contribution in [0, 0.1) is 0 Å². The summed E-state index contributed by atoms with van der Waals surface area (Å²) < 4.78 is 27.1. The third-order valence-electron chi connectivity index (χ3n) is 3.38. The Hall–Kier alpha value is -1.02. The first-order chi connectivity index (χ1) is 9.50. The number of aromatic nitrogens is 1. The SMILES string of the molecule is CC(O)CNS(=O)(=O)c1cccnc1C1CCNCC1. The number of aliphatic hydroxyl groups excluding tert-OH is 1. The third kappa shape index (κ3) is 3.76. The van der Waals surface area contributed by atoms with Crippen LogP contribution in [-0.4, -0.2) is 44.2 Å². The molecule has 0 bridgehead atoms. The van der Waals surface area contributed by atoms with Gasteiger partial charge >= 0.3 is 0 Å². The fourth-order valence-corrected chi connectivity index (χ4v) is 3.71. The normalized spacial score (nSPS) is 18.9. The molecule has 3 N–H and O–H groups in total. The van der Waals surface area contributed by atoms with E-state index in [1.165, 1.54) is 0 Å². The molecular weight excluding hydrogens is 278 g/mol. The third-order valence-corrected chi connectivity index (χ3v) is 4.85. The first kappa shape index (κ1) is 15.4. The molecule has 0 aliphatic carbocycles. The summed E-state index contributed by atoms with van der Waals surface area (Å²) in [4.78, 5) is 4.52. The van der Waals surface area contributed by atoms with E-state index in [9.17, 15) is 13.5 Å². The molecule has 0 saturated carbocycles. The molecule has 7 heteroatoms. The second kappa shape index (κ2) is 6.62. The van der Waals surface area contributed by atoms with Crippen LogP contribution in [0.5, 0.6) is 0 Å². The summed E-state index contributed by atoms with van der Waals surface area (Å²) in [5, 5.41) is 12.5. The van der Waals surface area contributed by atoms with Gasteiger partial charge in [0, 0.05) is 18.7 Å². The lowest BCUT2D eigenvalue weighted by atomic mass is 9.94. The zero-order chi connectivity index (χ0) is 14.6. The molecule has 2 heterocycles. The van der Waals surface area contributed by atoms with E-state index in [1.807, 2.05) is 0 Å². The van der Waals surface area contributed by atoms with Gasteiger partial charge in [-0.25, -0.2) is 13.1 Å². The van der Waals surface area contributed by atoms with E-state index < -0.39 is 16.1 Å². The van der Waals surface area contributed by atoms with Gasteiger partial charge in [-0.15, -0.1) is 0 Å². The lowest BCUT2D eigenvalue weighted by Gasteiger charge is -2.24. The van der Waals surface area contributed by atoms with Crippen LogP contribution in [0.25, 0.3) is 0 Å². The fraction of sp³-hybridized carbons (Fsp3) is 0.615.